The van der Waals surface area contributed by atoms with Gasteiger partial charge in [-0.3, -0.25) is 0 Å². The predicted octanol–water partition coefficient (Wildman–Crippen LogP) is 3.79. The Labute approximate surface area is 147 Å². The lowest BCUT2D eigenvalue weighted by Gasteiger charge is -2.21. The number of aromatic nitrogens is 2. The van der Waals surface area contributed by atoms with Gasteiger partial charge in [0, 0.05) is 18.4 Å². The molecule has 2 heterocycles. The number of fused-ring (bicyclic) bond motifs is 1. The number of carbonyl (C=O) groups is 1. The number of anilines is 1. The van der Waals surface area contributed by atoms with E-state index < -0.39 is 0 Å². The molecule has 3 aromatic rings. The van der Waals surface area contributed by atoms with Crippen LogP contribution in [-0.4, -0.2) is 33.5 Å². The number of imidazole rings is 1. The molecular formula is C19H22N4O2. The van der Waals surface area contributed by atoms with Crippen molar-refractivity contribution in [3.63, 3.8) is 0 Å². The van der Waals surface area contributed by atoms with Gasteiger partial charge in [0.2, 0.25) is 0 Å². The summed E-state index contributed by atoms with van der Waals surface area (Å²) in [6.45, 7) is 5.61. The first kappa shape index (κ1) is 16.8. The quantitative estimate of drug-likeness (QED) is 0.744. The van der Waals surface area contributed by atoms with Gasteiger partial charge < -0.3 is 19.4 Å². The van der Waals surface area contributed by atoms with Crippen molar-refractivity contribution in [2.24, 2.45) is 0 Å². The van der Waals surface area contributed by atoms with Crippen molar-refractivity contribution < 1.29 is 9.53 Å². The molecule has 2 amide bonds. The second kappa shape index (κ2) is 7.70. The Morgan fingerprint density at radius 2 is 2.00 bits per heavy atom. The number of hydrogen-bond donors (Lipinski definition) is 1. The fraction of sp³-hybridized carbons (Fsp3) is 0.263. The third-order valence-electron chi connectivity index (χ3n) is 3.93. The number of benzene rings is 1. The van der Waals surface area contributed by atoms with E-state index >= 15 is 0 Å². The average Bonchev–Trinajstić information content (AvgIpc) is 3.04. The topological polar surface area (TPSA) is 58.9 Å². The van der Waals surface area contributed by atoms with E-state index in [1.807, 2.05) is 73.1 Å². The molecule has 1 N–H and O–H groups in total. The van der Waals surface area contributed by atoms with E-state index in [-0.39, 0.29) is 6.03 Å². The van der Waals surface area contributed by atoms with Crippen molar-refractivity contribution in [2.45, 2.75) is 20.4 Å². The monoisotopic (exact) mass is 338 g/mol. The van der Waals surface area contributed by atoms with Crippen LogP contribution in [0.4, 0.5) is 10.5 Å². The van der Waals surface area contributed by atoms with Crippen molar-refractivity contribution in [3.8, 4) is 5.75 Å². The second-order valence-electron chi connectivity index (χ2n) is 5.58. The van der Waals surface area contributed by atoms with E-state index in [4.69, 9.17) is 4.74 Å². The van der Waals surface area contributed by atoms with Crippen LogP contribution in [-0.2, 0) is 6.54 Å². The number of nitrogens with one attached hydrogen (secondary N) is 1. The van der Waals surface area contributed by atoms with Gasteiger partial charge in [0.05, 0.1) is 25.0 Å². The third-order valence-corrected chi connectivity index (χ3v) is 3.93. The minimum absolute atomic E-state index is 0.141. The maximum absolute atomic E-state index is 12.6. The summed E-state index contributed by atoms with van der Waals surface area (Å²) in [5.41, 5.74) is 2.59. The normalized spacial score (nSPS) is 10.6. The van der Waals surface area contributed by atoms with Gasteiger partial charge in [-0.15, -0.1) is 0 Å². The Bertz CT molecular complexity index is 842. The van der Waals surface area contributed by atoms with Crippen molar-refractivity contribution in [3.05, 3.63) is 60.6 Å². The molecule has 25 heavy (non-hydrogen) atoms. The Morgan fingerprint density at radius 3 is 2.72 bits per heavy atom. The number of rotatable bonds is 6. The first-order chi connectivity index (χ1) is 12.2. The molecule has 130 valence electrons. The van der Waals surface area contributed by atoms with Gasteiger partial charge in [0.1, 0.15) is 11.4 Å². The number of urea groups is 1. The van der Waals surface area contributed by atoms with E-state index in [1.54, 1.807) is 4.90 Å². The number of pyridine rings is 1. The molecule has 0 radical (unpaired) electrons. The Balaban J connectivity index is 1.68. The van der Waals surface area contributed by atoms with Gasteiger partial charge in [0.15, 0.2) is 0 Å². The molecule has 3 rings (SSSR count). The van der Waals surface area contributed by atoms with Crippen LogP contribution in [0, 0.1) is 0 Å². The maximum Gasteiger partial charge on any atom is 0.322 e. The van der Waals surface area contributed by atoms with Gasteiger partial charge in [-0.2, -0.15) is 0 Å². The molecule has 0 aliphatic heterocycles. The molecule has 0 saturated carbocycles. The van der Waals surface area contributed by atoms with Crippen molar-refractivity contribution >= 4 is 17.4 Å². The van der Waals surface area contributed by atoms with Crippen molar-refractivity contribution in [1.29, 1.82) is 0 Å². The molecule has 0 aliphatic carbocycles. The van der Waals surface area contributed by atoms with Gasteiger partial charge >= 0.3 is 6.03 Å². The molecule has 0 aliphatic rings. The van der Waals surface area contributed by atoms with Crippen LogP contribution >= 0.6 is 0 Å². The Morgan fingerprint density at radius 1 is 1.20 bits per heavy atom. The minimum atomic E-state index is -0.141. The van der Waals surface area contributed by atoms with Crippen molar-refractivity contribution in [1.82, 2.24) is 14.3 Å². The number of ether oxygens (including phenoxy) is 1. The predicted molar refractivity (Wildman–Crippen MR) is 97.9 cm³/mol. The summed E-state index contributed by atoms with van der Waals surface area (Å²) in [4.78, 5) is 18.7. The highest BCUT2D eigenvalue weighted by molar-refractivity contribution is 5.89. The Kier molecular flexibility index (Phi) is 5.18. The highest BCUT2D eigenvalue weighted by Gasteiger charge is 2.14. The fourth-order valence-electron chi connectivity index (χ4n) is 2.63. The summed E-state index contributed by atoms with van der Waals surface area (Å²) in [5.74, 6) is 0.790. The number of amides is 2. The van der Waals surface area contributed by atoms with Gasteiger partial charge in [0.25, 0.3) is 0 Å². The highest BCUT2D eigenvalue weighted by Crippen LogP contribution is 2.17. The highest BCUT2D eigenvalue weighted by atomic mass is 16.5. The van der Waals surface area contributed by atoms with E-state index in [2.05, 4.69) is 10.3 Å². The zero-order valence-electron chi connectivity index (χ0n) is 14.5. The summed E-state index contributed by atoms with van der Waals surface area (Å²) in [7, 11) is 0. The summed E-state index contributed by atoms with van der Waals surface area (Å²) in [6, 6.07) is 13.1. The summed E-state index contributed by atoms with van der Waals surface area (Å²) in [5, 5.41) is 2.92. The molecule has 6 nitrogen and oxygen atoms in total. The van der Waals surface area contributed by atoms with E-state index in [9.17, 15) is 4.79 Å². The van der Waals surface area contributed by atoms with Crippen LogP contribution in [0.2, 0.25) is 0 Å². The molecule has 0 bridgehead atoms. The van der Waals surface area contributed by atoms with E-state index in [1.165, 1.54) is 0 Å². The van der Waals surface area contributed by atoms with Crippen LogP contribution < -0.4 is 10.1 Å². The van der Waals surface area contributed by atoms with E-state index in [0.717, 1.165) is 22.8 Å². The van der Waals surface area contributed by atoms with Crippen LogP contribution in [0.25, 0.3) is 5.65 Å². The lowest BCUT2D eigenvalue weighted by Crippen LogP contribution is -2.34. The largest absolute Gasteiger partial charge is 0.494 e. The molecule has 0 unspecified atom stereocenters. The van der Waals surface area contributed by atoms with Gasteiger partial charge in [-0.1, -0.05) is 6.07 Å². The van der Waals surface area contributed by atoms with Crippen LogP contribution in [0.5, 0.6) is 5.75 Å². The zero-order chi connectivity index (χ0) is 17.6. The summed E-state index contributed by atoms with van der Waals surface area (Å²) >= 11 is 0. The molecule has 0 saturated heterocycles. The molecule has 0 atom stereocenters. The van der Waals surface area contributed by atoms with Crippen molar-refractivity contribution in [2.75, 3.05) is 18.5 Å². The van der Waals surface area contributed by atoms with Crippen LogP contribution in [0.3, 0.4) is 0 Å². The summed E-state index contributed by atoms with van der Waals surface area (Å²) in [6.07, 6.45) is 3.76. The number of hydrogen-bond acceptors (Lipinski definition) is 3. The average molecular weight is 338 g/mol. The molecule has 6 heteroatoms. The zero-order valence-corrected chi connectivity index (χ0v) is 14.5. The number of carbonyl (C=O) groups excluding carboxylic acids is 1. The Hall–Kier alpha value is -3.02. The standard InChI is InChI=1S/C19H22N4O2/c1-3-22(14-16-13-20-18-7-5-6-12-23(16)18)19(24)21-15-8-10-17(11-9-15)25-4-2/h5-13H,3-4,14H2,1-2H3,(H,21,24). The molecular weight excluding hydrogens is 316 g/mol. The minimum Gasteiger partial charge on any atom is -0.494 e. The van der Waals surface area contributed by atoms with Crippen LogP contribution in [0.15, 0.2) is 54.9 Å². The molecule has 0 spiro atoms. The first-order valence-electron chi connectivity index (χ1n) is 8.41. The maximum atomic E-state index is 12.6. The van der Waals surface area contributed by atoms with Crippen LogP contribution in [0.1, 0.15) is 19.5 Å². The lowest BCUT2D eigenvalue weighted by atomic mass is 10.3. The lowest BCUT2D eigenvalue weighted by molar-refractivity contribution is 0.211. The fourth-order valence-corrected chi connectivity index (χ4v) is 2.63. The smallest absolute Gasteiger partial charge is 0.322 e. The SMILES string of the molecule is CCOc1ccc(NC(=O)N(CC)Cc2cnc3ccccn23)cc1. The summed E-state index contributed by atoms with van der Waals surface area (Å²) < 4.78 is 7.41. The van der Waals surface area contributed by atoms with Gasteiger partial charge in [-0.25, -0.2) is 9.78 Å². The number of nitrogens with zero attached hydrogens (tertiary/aromatic N) is 3. The first-order valence-corrected chi connectivity index (χ1v) is 8.41. The van der Waals surface area contributed by atoms with E-state index in [0.29, 0.717) is 19.7 Å². The second-order valence-corrected chi connectivity index (χ2v) is 5.58. The molecule has 2 aromatic heterocycles. The molecule has 0 fully saturated rings. The third kappa shape index (κ3) is 3.91. The van der Waals surface area contributed by atoms with Gasteiger partial charge in [-0.05, 0) is 50.2 Å². The molecule has 1 aromatic carbocycles.